The number of hydrogen-bond acceptors (Lipinski definition) is 5. The van der Waals surface area contributed by atoms with Gasteiger partial charge >= 0.3 is 0 Å². The summed E-state index contributed by atoms with van der Waals surface area (Å²) >= 11 is 0. The predicted octanol–water partition coefficient (Wildman–Crippen LogP) is 4.63. The summed E-state index contributed by atoms with van der Waals surface area (Å²) in [5, 5.41) is 7.33. The quantitative estimate of drug-likeness (QED) is 0.532. The van der Waals surface area contributed by atoms with Crippen molar-refractivity contribution in [1.29, 1.82) is 0 Å². The normalized spacial score (nSPS) is 12.6. The largest absolute Gasteiger partial charge is 0.228 e. The van der Waals surface area contributed by atoms with E-state index in [1.807, 2.05) is 30.3 Å². The molecule has 2 aromatic carbocycles. The van der Waals surface area contributed by atoms with Gasteiger partial charge in [0.05, 0.1) is 16.8 Å². The maximum absolute atomic E-state index is 13.3. The van der Waals surface area contributed by atoms with E-state index in [2.05, 4.69) is 22.1 Å². The fourth-order valence-corrected chi connectivity index (χ4v) is 4.70. The van der Waals surface area contributed by atoms with Crippen LogP contribution in [-0.4, -0.2) is 23.6 Å². The number of benzene rings is 2. The van der Waals surface area contributed by atoms with Crippen LogP contribution in [0.3, 0.4) is 0 Å². The molecule has 0 unspecified atom stereocenters. The number of rotatable bonds is 8. The van der Waals surface area contributed by atoms with Crippen LogP contribution in [0.15, 0.2) is 71.8 Å². The van der Waals surface area contributed by atoms with Crippen LogP contribution in [0.2, 0.25) is 0 Å². The molecule has 1 aromatic heterocycles. The highest BCUT2D eigenvalue weighted by atomic mass is 32.2. The van der Waals surface area contributed by atoms with Gasteiger partial charge in [0.1, 0.15) is 5.25 Å². The third-order valence-electron chi connectivity index (χ3n) is 4.45. The first-order valence-electron chi connectivity index (χ1n) is 9.17. The molecule has 0 saturated carbocycles. The summed E-state index contributed by atoms with van der Waals surface area (Å²) < 4.78 is 26.5. The second kappa shape index (κ2) is 8.86. The molecule has 1 atom stereocenters. The average molecular weight is 382 g/mol. The van der Waals surface area contributed by atoms with E-state index in [-0.39, 0.29) is 5.82 Å². The number of aromatic nitrogens is 3. The van der Waals surface area contributed by atoms with Crippen molar-refractivity contribution in [2.45, 2.75) is 42.8 Å². The molecule has 5 nitrogen and oxygen atoms in total. The molecule has 1 heterocycles. The molecule has 6 heteroatoms. The molecule has 0 radical (unpaired) electrons. The van der Waals surface area contributed by atoms with Gasteiger partial charge in [0.2, 0.25) is 0 Å². The molecule has 0 amide bonds. The lowest BCUT2D eigenvalue weighted by Gasteiger charge is -2.16. The summed E-state index contributed by atoms with van der Waals surface area (Å²) in [5.74, 6) is 0.260. The minimum atomic E-state index is -3.60. The molecule has 0 aliphatic heterocycles. The van der Waals surface area contributed by atoms with Crippen LogP contribution in [0, 0.1) is 0 Å². The highest BCUT2D eigenvalue weighted by Gasteiger charge is 2.31. The highest BCUT2D eigenvalue weighted by molar-refractivity contribution is 7.91. The molecule has 0 N–H and O–H groups in total. The minimum absolute atomic E-state index is 0.260. The first kappa shape index (κ1) is 19.2. The van der Waals surface area contributed by atoms with E-state index in [0.717, 1.165) is 24.8 Å². The van der Waals surface area contributed by atoms with Crippen LogP contribution >= 0.6 is 0 Å². The van der Waals surface area contributed by atoms with Crippen molar-refractivity contribution in [3.8, 4) is 11.3 Å². The van der Waals surface area contributed by atoms with E-state index in [9.17, 15) is 8.42 Å². The van der Waals surface area contributed by atoms with Crippen molar-refractivity contribution in [1.82, 2.24) is 15.2 Å². The van der Waals surface area contributed by atoms with Gasteiger partial charge in [-0.3, -0.25) is 0 Å². The second-order valence-corrected chi connectivity index (χ2v) is 8.54. The van der Waals surface area contributed by atoms with Gasteiger partial charge in [-0.05, 0) is 18.6 Å². The van der Waals surface area contributed by atoms with Gasteiger partial charge in [-0.1, -0.05) is 74.7 Å². The van der Waals surface area contributed by atoms with Crippen molar-refractivity contribution in [2.75, 3.05) is 0 Å². The summed E-state index contributed by atoms with van der Waals surface area (Å²) in [6.45, 7) is 2.09. The van der Waals surface area contributed by atoms with E-state index >= 15 is 0 Å². The maximum Gasteiger partial charge on any atom is 0.188 e. The van der Waals surface area contributed by atoms with Crippen molar-refractivity contribution in [3.63, 3.8) is 0 Å². The Hall–Kier alpha value is -2.60. The molecule has 0 spiro atoms. The Morgan fingerprint density at radius 3 is 2.26 bits per heavy atom. The molecule has 140 valence electrons. The Bertz CT molecular complexity index is 961. The fourth-order valence-electron chi connectivity index (χ4n) is 2.98. The topological polar surface area (TPSA) is 72.8 Å². The number of hydrogen-bond donors (Lipinski definition) is 0. The fraction of sp³-hybridized carbons (Fsp3) is 0.286. The molecule has 3 rings (SSSR count). The number of unbranched alkanes of at least 4 members (excludes halogenated alkanes) is 2. The molecule has 3 aromatic rings. The first-order valence-corrected chi connectivity index (χ1v) is 10.7. The average Bonchev–Trinajstić information content (AvgIpc) is 2.72. The van der Waals surface area contributed by atoms with Crippen molar-refractivity contribution in [2.24, 2.45) is 0 Å². The van der Waals surface area contributed by atoms with E-state index < -0.39 is 15.1 Å². The van der Waals surface area contributed by atoms with Crippen LogP contribution in [0.5, 0.6) is 0 Å². The van der Waals surface area contributed by atoms with Crippen LogP contribution in [-0.2, 0) is 9.84 Å². The number of sulfone groups is 1. The Balaban J connectivity index is 2.01. The van der Waals surface area contributed by atoms with Crippen molar-refractivity contribution < 1.29 is 8.42 Å². The molecule has 0 aliphatic rings. The lowest BCUT2D eigenvalue weighted by molar-refractivity contribution is 0.554. The Morgan fingerprint density at radius 2 is 1.59 bits per heavy atom. The van der Waals surface area contributed by atoms with Gasteiger partial charge in [-0.15, -0.1) is 5.10 Å². The van der Waals surface area contributed by atoms with E-state index in [0.29, 0.717) is 17.0 Å². The van der Waals surface area contributed by atoms with Gasteiger partial charge in [0.25, 0.3) is 0 Å². The maximum atomic E-state index is 13.3. The molecule has 0 fully saturated rings. The van der Waals surface area contributed by atoms with Crippen molar-refractivity contribution in [3.05, 3.63) is 72.7 Å². The summed E-state index contributed by atoms with van der Waals surface area (Å²) in [6, 6.07) is 18.1. The molecule has 0 saturated heterocycles. The van der Waals surface area contributed by atoms with Crippen LogP contribution < -0.4 is 0 Å². The van der Waals surface area contributed by atoms with Gasteiger partial charge < -0.3 is 0 Å². The van der Waals surface area contributed by atoms with Gasteiger partial charge in [0.15, 0.2) is 15.7 Å². The summed E-state index contributed by atoms with van der Waals surface area (Å²) in [7, 11) is -3.60. The highest BCUT2D eigenvalue weighted by Crippen LogP contribution is 2.32. The Labute approximate surface area is 160 Å². The zero-order chi connectivity index (χ0) is 19.1. The molecule has 0 bridgehead atoms. The summed E-state index contributed by atoms with van der Waals surface area (Å²) in [6.07, 6.45) is 4.82. The van der Waals surface area contributed by atoms with Crippen LogP contribution in [0.25, 0.3) is 11.3 Å². The Kier molecular flexibility index (Phi) is 6.29. The third kappa shape index (κ3) is 4.57. The zero-order valence-electron chi connectivity index (χ0n) is 15.3. The molecule has 27 heavy (non-hydrogen) atoms. The smallest absolute Gasteiger partial charge is 0.188 e. The van der Waals surface area contributed by atoms with Gasteiger partial charge in [-0.2, -0.15) is 5.10 Å². The monoisotopic (exact) mass is 381 g/mol. The first-order chi connectivity index (χ1) is 13.1. The van der Waals surface area contributed by atoms with Gasteiger partial charge in [0, 0.05) is 5.56 Å². The Morgan fingerprint density at radius 1 is 0.926 bits per heavy atom. The molecule has 0 aliphatic carbocycles. The van der Waals surface area contributed by atoms with Crippen LogP contribution in [0.1, 0.15) is 43.7 Å². The van der Waals surface area contributed by atoms with E-state index in [1.165, 1.54) is 0 Å². The lowest BCUT2D eigenvalue weighted by Crippen LogP contribution is -2.17. The molecular weight excluding hydrogens is 358 g/mol. The second-order valence-electron chi connectivity index (χ2n) is 6.41. The minimum Gasteiger partial charge on any atom is -0.228 e. The van der Waals surface area contributed by atoms with Crippen molar-refractivity contribution >= 4 is 9.84 Å². The van der Waals surface area contributed by atoms with E-state index in [1.54, 1.807) is 36.5 Å². The van der Waals surface area contributed by atoms with Crippen LogP contribution in [0.4, 0.5) is 0 Å². The van der Waals surface area contributed by atoms with Gasteiger partial charge in [-0.25, -0.2) is 13.4 Å². The zero-order valence-corrected chi connectivity index (χ0v) is 16.1. The SMILES string of the molecule is CCCCC[C@H](c1nncc(-c2ccccc2)n1)S(=O)(=O)c1ccccc1. The summed E-state index contributed by atoms with van der Waals surface area (Å²) in [4.78, 5) is 4.85. The molecular formula is C21H23N3O2S. The standard InChI is InChI=1S/C21H23N3O2S/c1-2-3-6-15-20(27(25,26)18-13-9-5-10-14-18)21-23-19(16-22-24-21)17-11-7-4-8-12-17/h4-5,7-14,16,20H,2-3,6,15H2,1H3/t20-/m1/s1. The summed E-state index contributed by atoms with van der Waals surface area (Å²) in [5.41, 5.74) is 1.52. The number of nitrogens with zero attached hydrogens (tertiary/aromatic N) is 3. The lowest BCUT2D eigenvalue weighted by atomic mass is 10.1. The van der Waals surface area contributed by atoms with E-state index in [4.69, 9.17) is 0 Å². The third-order valence-corrected chi connectivity index (χ3v) is 6.57. The predicted molar refractivity (Wildman–Crippen MR) is 106 cm³/mol.